The second-order valence-corrected chi connectivity index (χ2v) is 5.40. The van der Waals surface area contributed by atoms with Crippen molar-refractivity contribution >= 4 is 10.1 Å². The fourth-order valence-corrected chi connectivity index (χ4v) is 2.15. The fraction of sp³-hybridized carbons (Fsp3) is 0.800. The van der Waals surface area contributed by atoms with Crippen molar-refractivity contribution in [2.24, 2.45) is 5.92 Å². The summed E-state index contributed by atoms with van der Waals surface area (Å²) < 4.78 is 26.7. The predicted octanol–water partition coefficient (Wildman–Crippen LogP) is 2.10. The van der Waals surface area contributed by atoms with Gasteiger partial charge in [0, 0.05) is 0 Å². The first-order valence-corrected chi connectivity index (χ1v) is 6.86. The molecule has 0 heterocycles. The lowest BCUT2D eigenvalue weighted by molar-refractivity contribution is 0.253. The normalized spacial score (nSPS) is 26.5. The van der Waals surface area contributed by atoms with Crippen molar-refractivity contribution in [3.63, 3.8) is 0 Å². The highest BCUT2D eigenvalue weighted by Gasteiger charge is 2.28. The van der Waals surface area contributed by atoms with Crippen LogP contribution in [-0.2, 0) is 14.3 Å². The molecule has 2 atom stereocenters. The molecule has 0 bridgehead atoms. The van der Waals surface area contributed by atoms with Crippen LogP contribution < -0.4 is 0 Å². The third kappa shape index (κ3) is 3.80. The smallest absolute Gasteiger partial charge is 0.263 e. The van der Waals surface area contributed by atoms with Gasteiger partial charge in [-0.15, -0.1) is 0 Å². The predicted molar refractivity (Wildman–Crippen MR) is 56.5 cm³/mol. The van der Waals surface area contributed by atoms with Gasteiger partial charge in [0.05, 0.1) is 12.4 Å². The molecule has 1 fully saturated rings. The van der Waals surface area contributed by atoms with E-state index in [1.807, 2.05) is 13.0 Å². The van der Waals surface area contributed by atoms with E-state index in [0.717, 1.165) is 19.1 Å². The minimum Gasteiger partial charge on any atom is -0.263 e. The summed E-state index contributed by atoms with van der Waals surface area (Å²) in [5.41, 5.74) is 1.35. The summed E-state index contributed by atoms with van der Waals surface area (Å²) in [6.07, 6.45) is 5.75. The Balaban J connectivity index is 2.53. The van der Waals surface area contributed by atoms with Crippen LogP contribution in [0.2, 0.25) is 0 Å². The van der Waals surface area contributed by atoms with Crippen LogP contribution in [0.25, 0.3) is 0 Å². The molecule has 3 nitrogen and oxygen atoms in total. The maximum absolute atomic E-state index is 10.9. The Morgan fingerprint density at radius 1 is 1.57 bits per heavy atom. The van der Waals surface area contributed by atoms with E-state index in [4.69, 9.17) is 4.18 Å². The van der Waals surface area contributed by atoms with Gasteiger partial charge in [-0.2, -0.15) is 8.42 Å². The molecule has 0 aliphatic heterocycles. The Morgan fingerprint density at radius 2 is 2.21 bits per heavy atom. The highest BCUT2D eigenvalue weighted by atomic mass is 32.2. The van der Waals surface area contributed by atoms with Crippen LogP contribution in [0.5, 0.6) is 0 Å². The van der Waals surface area contributed by atoms with Crippen molar-refractivity contribution in [2.75, 3.05) is 6.26 Å². The van der Waals surface area contributed by atoms with E-state index in [1.54, 1.807) is 0 Å². The van der Waals surface area contributed by atoms with Crippen LogP contribution in [0.4, 0.5) is 0 Å². The van der Waals surface area contributed by atoms with Crippen molar-refractivity contribution in [2.45, 2.75) is 39.2 Å². The Morgan fingerprint density at radius 3 is 2.57 bits per heavy atom. The molecule has 1 saturated carbocycles. The second kappa shape index (κ2) is 4.45. The van der Waals surface area contributed by atoms with Gasteiger partial charge in [0.25, 0.3) is 10.1 Å². The topological polar surface area (TPSA) is 43.4 Å². The lowest BCUT2D eigenvalue weighted by atomic mass is 10.2. The monoisotopic (exact) mass is 218 g/mol. The molecule has 4 heteroatoms. The number of hydrogen-bond donors (Lipinski definition) is 0. The van der Waals surface area contributed by atoms with Crippen molar-refractivity contribution in [3.8, 4) is 0 Å². The summed E-state index contributed by atoms with van der Waals surface area (Å²) in [5.74, 6) is 0.673. The molecular weight excluding hydrogens is 200 g/mol. The van der Waals surface area contributed by atoms with Gasteiger partial charge in [0.2, 0.25) is 0 Å². The molecule has 1 rings (SSSR count). The summed E-state index contributed by atoms with van der Waals surface area (Å²) in [4.78, 5) is 0. The average molecular weight is 218 g/mol. The first-order valence-electron chi connectivity index (χ1n) is 5.05. The van der Waals surface area contributed by atoms with E-state index in [0.29, 0.717) is 12.3 Å². The molecule has 1 aliphatic rings. The van der Waals surface area contributed by atoms with Crippen LogP contribution in [0, 0.1) is 5.92 Å². The zero-order chi connectivity index (χ0) is 10.8. The van der Waals surface area contributed by atoms with Gasteiger partial charge in [-0.25, -0.2) is 0 Å². The largest absolute Gasteiger partial charge is 0.264 e. The van der Waals surface area contributed by atoms with Crippen LogP contribution >= 0.6 is 0 Å². The molecule has 0 saturated heterocycles. The van der Waals surface area contributed by atoms with E-state index < -0.39 is 10.1 Å². The second-order valence-electron chi connectivity index (χ2n) is 3.80. The van der Waals surface area contributed by atoms with E-state index in [9.17, 15) is 8.42 Å². The van der Waals surface area contributed by atoms with E-state index in [1.165, 1.54) is 5.57 Å². The molecule has 0 amide bonds. The summed E-state index contributed by atoms with van der Waals surface area (Å²) in [6.45, 7) is 4.07. The number of rotatable bonds is 5. The van der Waals surface area contributed by atoms with Gasteiger partial charge in [-0.05, 0) is 25.2 Å². The van der Waals surface area contributed by atoms with Gasteiger partial charge < -0.3 is 0 Å². The van der Waals surface area contributed by atoms with Gasteiger partial charge in [-0.3, -0.25) is 4.18 Å². The van der Waals surface area contributed by atoms with Crippen molar-refractivity contribution in [1.82, 2.24) is 0 Å². The van der Waals surface area contributed by atoms with Crippen LogP contribution in [0.1, 0.15) is 33.1 Å². The van der Waals surface area contributed by atoms with Gasteiger partial charge in [-0.1, -0.05) is 25.5 Å². The van der Waals surface area contributed by atoms with E-state index in [-0.39, 0.29) is 6.10 Å². The Bertz CT molecular complexity index is 316. The molecule has 0 aromatic rings. The van der Waals surface area contributed by atoms with Crippen molar-refractivity contribution in [3.05, 3.63) is 11.6 Å². The first-order chi connectivity index (χ1) is 6.46. The zero-order valence-electron chi connectivity index (χ0n) is 8.99. The van der Waals surface area contributed by atoms with Crippen LogP contribution in [-0.4, -0.2) is 20.8 Å². The quantitative estimate of drug-likeness (QED) is 0.524. The van der Waals surface area contributed by atoms with Crippen LogP contribution in [0.15, 0.2) is 11.6 Å². The number of allylic oxidation sites excluding steroid dienone is 1. The molecule has 1 unspecified atom stereocenters. The van der Waals surface area contributed by atoms with Crippen molar-refractivity contribution < 1.29 is 12.6 Å². The minimum absolute atomic E-state index is 0.267. The highest BCUT2D eigenvalue weighted by Crippen LogP contribution is 2.40. The summed E-state index contributed by atoms with van der Waals surface area (Å²) in [5, 5.41) is 0. The SMILES string of the molecule is CCC(/C=C1/C[C@H]1CC)OS(C)(=O)=O. The molecule has 1 aliphatic carbocycles. The molecule has 0 spiro atoms. The Hall–Kier alpha value is -0.350. The molecule has 0 radical (unpaired) electrons. The maximum atomic E-state index is 10.9. The molecular formula is C10H18O3S. The molecule has 0 N–H and O–H groups in total. The Labute approximate surface area is 86.3 Å². The van der Waals surface area contributed by atoms with Crippen LogP contribution in [0.3, 0.4) is 0 Å². The van der Waals surface area contributed by atoms with E-state index >= 15 is 0 Å². The van der Waals surface area contributed by atoms with Gasteiger partial charge in [0.1, 0.15) is 0 Å². The summed E-state index contributed by atoms with van der Waals surface area (Å²) in [7, 11) is -3.32. The molecule has 0 aromatic carbocycles. The lowest BCUT2D eigenvalue weighted by Gasteiger charge is -2.08. The zero-order valence-corrected chi connectivity index (χ0v) is 9.80. The summed E-state index contributed by atoms with van der Waals surface area (Å²) >= 11 is 0. The third-order valence-corrected chi connectivity index (χ3v) is 3.04. The number of hydrogen-bond acceptors (Lipinski definition) is 3. The maximum Gasteiger partial charge on any atom is 0.264 e. The lowest BCUT2D eigenvalue weighted by Crippen LogP contribution is -2.14. The first kappa shape index (κ1) is 11.7. The van der Waals surface area contributed by atoms with Crippen molar-refractivity contribution in [1.29, 1.82) is 0 Å². The fourth-order valence-electron chi connectivity index (χ4n) is 1.51. The Kier molecular flexibility index (Phi) is 3.72. The standard InChI is InChI=1S/C10H18O3S/c1-4-8-6-9(8)7-10(5-2)13-14(3,11)12/h7-8,10H,4-6H2,1-3H3/b9-7-/t8-,10?/m1/s1. The summed E-state index contributed by atoms with van der Waals surface area (Å²) in [6, 6.07) is 0. The molecule has 0 aromatic heterocycles. The van der Waals surface area contributed by atoms with Gasteiger partial charge in [0.15, 0.2) is 0 Å². The van der Waals surface area contributed by atoms with Gasteiger partial charge >= 0.3 is 0 Å². The minimum atomic E-state index is -3.32. The highest BCUT2D eigenvalue weighted by molar-refractivity contribution is 7.86. The third-order valence-electron chi connectivity index (χ3n) is 2.44. The van der Waals surface area contributed by atoms with E-state index in [2.05, 4.69) is 6.92 Å². The molecule has 14 heavy (non-hydrogen) atoms. The molecule has 82 valence electrons. The average Bonchev–Trinajstić information content (AvgIpc) is 2.79.